The van der Waals surface area contributed by atoms with Gasteiger partial charge in [-0.25, -0.2) is 0 Å². The maximum absolute atomic E-state index is 13.3. The van der Waals surface area contributed by atoms with Crippen molar-refractivity contribution in [2.24, 2.45) is 5.41 Å². The van der Waals surface area contributed by atoms with E-state index in [1.54, 1.807) is 11.0 Å². The summed E-state index contributed by atoms with van der Waals surface area (Å²) in [5, 5.41) is 0. The van der Waals surface area contributed by atoms with Crippen LogP contribution in [0.15, 0.2) is 42.5 Å². The van der Waals surface area contributed by atoms with Crippen LogP contribution in [0.25, 0.3) is 0 Å². The fourth-order valence-electron chi connectivity index (χ4n) is 3.20. The minimum absolute atomic E-state index is 0.00781. The van der Waals surface area contributed by atoms with Gasteiger partial charge in [0, 0.05) is 5.56 Å². The second-order valence-corrected chi connectivity index (χ2v) is 7.92. The predicted molar refractivity (Wildman–Crippen MR) is 98.2 cm³/mol. The third kappa shape index (κ3) is 3.80. The summed E-state index contributed by atoms with van der Waals surface area (Å²) >= 11 is 0. The van der Waals surface area contributed by atoms with Gasteiger partial charge in [-0.3, -0.25) is 9.69 Å². The highest BCUT2D eigenvalue weighted by molar-refractivity contribution is 6.07. The van der Waals surface area contributed by atoms with E-state index in [0.29, 0.717) is 11.4 Å². The number of halogens is 3. The molecule has 3 rings (SSSR count). The molecule has 1 heterocycles. The second kappa shape index (κ2) is 6.59. The molecule has 0 aromatic heterocycles. The molecule has 0 N–H and O–H groups in total. The summed E-state index contributed by atoms with van der Waals surface area (Å²) in [4.78, 5) is 14.9. The van der Waals surface area contributed by atoms with Gasteiger partial charge < -0.3 is 4.74 Å². The topological polar surface area (TPSA) is 29.5 Å². The summed E-state index contributed by atoms with van der Waals surface area (Å²) in [6, 6.07) is 9.75. The fraction of sp³-hybridized carbons (Fsp3) is 0.381. The van der Waals surface area contributed by atoms with Crippen LogP contribution < -0.4 is 9.64 Å². The zero-order chi connectivity index (χ0) is 20.0. The van der Waals surface area contributed by atoms with Crippen LogP contribution in [0.3, 0.4) is 0 Å². The lowest BCUT2D eigenvalue weighted by atomic mass is 9.84. The van der Waals surface area contributed by atoms with Gasteiger partial charge in [-0.1, -0.05) is 32.9 Å². The number of carbonyl (C=O) groups is 1. The molecular formula is C21H22F3NO2. The molecule has 1 unspecified atom stereocenters. The van der Waals surface area contributed by atoms with Crippen LogP contribution in [0.4, 0.5) is 18.9 Å². The number of benzene rings is 2. The molecule has 0 bridgehead atoms. The summed E-state index contributed by atoms with van der Waals surface area (Å²) in [6.07, 6.45) is -4.50. The summed E-state index contributed by atoms with van der Waals surface area (Å²) in [7, 11) is 0. The molecule has 2 aromatic rings. The van der Waals surface area contributed by atoms with Crippen molar-refractivity contribution in [1.82, 2.24) is 0 Å². The number of hydrogen-bond donors (Lipinski definition) is 0. The van der Waals surface area contributed by atoms with E-state index in [1.807, 2.05) is 39.8 Å². The molecule has 0 radical (unpaired) electrons. The Labute approximate surface area is 156 Å². The Morgan fingerprint density at radius 1 is 1.11 bits per heavy atom. The van der Waals surface area contributed by atoms with Crippen LogP contribution in [0.2, 0.25) is 0 Å². The van der Waals surface area contributed by atoms with Crippen molar-refractivity contribution < 1.29 is 22.7 Å². The minimum Gasteiger partial charge on any atom is -0.489 e. The van der Waals surface area contributed by atoms with E-state index in [0.717, 1.165) is 17.7 Å². The maximum Gasteiger partial charge on any atom is 0.416 e. The highest BCUT2D eigenvalue weighted by Gasteiger charge is 2.40. The molecule has 0 spiro atoms. The molecule has 0 saturated heterocycles. The van der Waals surface area contributed by atoms with E-state index in [2.05, 4.69) is 0 Å². The molecular weight excluding hydrogens is 355 g/mol. The Morgan fingerprint density at radius 3 is 2.44 bits per heavy atom. The number of carbonyl (C=O) groups excluding carboxylic acids is 1. The van der Waals surface area contributed by atoms with Crippen LogP contribution in [0.1, 0.15) is 42.3 Å². The highest BCUT2D eigenvalue weighted by atomic mass is 19.4. The van der Waals surface area contributed by atoms with Gasteiger partial charge in [0.05, 0.1) is 17.3 Å². The van der Waals surface area contributed by atoms with Crippen molar-refractivity contribution in [3.05, 3.63) is 59.2 Å². The number of fused-ring (bicyclic) bond motifs is 1. The number of nitrogens with zero attached hydrogens (tertiary/aromatic N) is 1. The SMILES string of the molecule is Cc1ccc2c(c1)N(C(=O)c1cccc(C(F)(F)F)c1)C(C(C)(C)C)CO2. The van der Waals surface area contributed by atoms with Gasteiger partial charge in [0.2, 0.25) is 0 Å². The highest BCUT2D eigenvalue weighted by Crippen LogP contribution is 2.41. The first-order valence-electron chi connectivity index (χ1n) is 8.73. The molecule has 1 aliphatic rings. The third-order valence-electron chi connectivity index (χ3n) is 4.74. The van der Waals surface area contributed by atoms with Crippen molar-refractivity contribution in [2.75, 3.05) is 11.5 Å². The van der Waals surface area contributed by atoms with Gasteiger partial charge in [0.25, 0.3) is 5.91 Å². The summed E-state index contributed by atoms with van der Waals surface area (Å²) < 4.78 is 45.1. The van der Waals surface area contributed by atoms with Crippen molar-refractivity contribution >= 4 is 11.6 Å². The zero-order valence-electron chi connectivity index (χ0n) is 15.7. The van der Waals surface area contributed by atoms with Crippen molar-refractivity contribution in [1.29, 1.82) is 0 Å². The van der Waals surface area contributed by atoms with Gasteiger partial charge in [0.1, 0.15) is 12.4 Å². The van der Waals surface area contributed by atoms with E-state index in [9.17, 15) is 18.0 Å². The van der Waals surface area contributed by atoms with Gasteiger partial charge in [-0.2, -0.15) is 13.2 Å². The van der Waals surface area contributed by atoms with E-state index < -0.39 is 17.6 Å². The Kier molecular flexibility index (Phi) is 4.70. The van der Waals surface area contributed by atoms with Gasteiger partial charge in [0.15, 0.2) is 0 Å². The molecule has 27 heavy (non-hydrogen) atoms. The first-order chi connectivity index (χ1) is 12.5. The van der Waals surface area contributed by atoms with Crippen LogP contribution >= 0.6 is 0 Å². The quantitative estimate of drug-likeness (QED) is 0.660. The molecule has 1 amide bonds. The number of amides is 1. The zero-order valence-corrected chi connectivity index (χ0v) is 15.7. The van der Waals surface area contributed by atoms with Crippen molar-refractivity contribution in [2.45, 2.75) is 39.9 Å². The van der Waals surface area contributed by atoms with E-state index >= 15 is 0 Å². The number of anilines is 1. The molecule has 144 valence electrons. The van der Waals surface area contributed by atoms with Crippen LogP contribution in [0.5, 0.6) is 5.75 Å². The molecule has 0 aliphatic carbocycles. The third-order valence-corrected chi connectivity index (χ3v) is 4.74. The van der Waals surface area contributed by atoms with Gasteiger partial charge >= 0.3 is 6.18 Å². The minimum atomic E-state index is -4.50. The summed E-state index contributed by atoms with van der Waals surface area (Å²) in [5.74, 6) is 0.0950. The lowest BCUT2D eigenvalue weighted by Gasteiger charge is -2.43. The Bertz CT molecular complexity index is 868. The molecule has 6 heteroatoms. The number of hydrogen-bond acceptors (Lipinski definition) is 2. The summed E-state index contributed by atoms with van der Waals surface area (Å²) in [6.45, 7) is 8.12. The van der Waals surface area contributed by atoms with Crippen molar-refractivity contribution in [3.8, 4) is 5.75 Å². The largest absolute Gasteiger partial charge is 0.489 e. The van der Waals surface area contributed by atoms with E-state index in [4.69, 9.17) is 4.74 Å². The molecule has 2 aromatic carbocycles. The molecule has 0 saturated carbocycles. The number of rotatable bonds is 1. The Hall–Kier alpha value is -2.50. The van der Waals surface area contributed by atoms with Crippen molar-refractivity contribution in [3.63, 3.8) is 0 Å². The average molecular weight is 377 g/mol. The normalized spacial score (nSPS) is 17.3. The monoisotopic (exact) mass is 377 g/mol. The Morgan fingerprint density at radius 2 is 1.81 bits per heavy atom. The molecule has 1 aliphatic heterocycles. The van der Waals surface area contributed by atoms with Crippen LogP contribution in [-0.2, 0) is 6.18 Å². The Balaban J connectivity index is 2.11. The molecule has 0 fully saturated rings. The first kappa shape index (κ1) is 19.3. The van der Waals surface area contributed by atoms with Gasteiger partial charge in [-0.05, 0) is 48.2 Å². The molecule has 3 nitrogen and oxygen atoms in total. The number of alkyl halides is 3. The van der Waals surface area contributed by atoms with E-state index in [1.165, 1.54) is 12.1 Å². The average Bonchev–Trinajstić information content (AvgIpc) is 2.58. The molecule has 1 atom stereocenters. The van der Waals surface area contributed by atoms with Crippen LogP contribution in [0, 0.1) is 12.3 Å². The fourth-order valence-corrected chi connectivity index (χ4v) is 3.20. The lowest BCUT2D eigenvalue weighted by molar-refractivity contribution is -0.137. The second-order valence-electron chi connectivity index (χ2n) is 7.92. The lowest BCUT2D eigenvalue weighted by Crippen LogP contribution is -2.53. The van der Waals surface area contributed by atoms with E-state index in [-0.39, 0.29) is 23.6 Å². The predicted octanol–water partition coefficient (Wildman–Crippen LogP) is 5.47. The smallest absolute Gasteiger partial charge is 0.416 e. The number of aryl methyl sites for hydroxylation is 1. The number of ether oxygens (including phenoxy) is 1. The summed E-state index contributed by atoms with van der Waals surface area (Å²) in [5.41, 5.74) is 0.378. The van der Waals surface area contributed by atoms with Gasteiger partial charge in [-0.15, -0.1) is 0 Å². The van der Waals surface area contributed by atoms with Crippen LogP contribution in [-0.4, -0.2) is 18.6 Å². The standard InChI is InChI=1S/C21H22F3NO2/c1-13-8-9-17-16(10-13)25(18(12-27-17)20(2,3)4)19(26)14-6-5-7-15(11-14)21(22,23)24/h5-11,18H,12H2,1-4H3. The maximum atomic E-state index is 13.3. The first-order valence-corrected chi connectivity index (χ1v) is 8.73.